The van der Waals surface area contributed by atoms with Gasteiger partial charge in [0.1, 0.15) is 11.6 Å². The maximum Gasteiger partial charge on any atom is 0.343 e. The number of hydrogen-bond donors (Lipinski definition) is 0. The fourth-order valence-electron chi connectivity index (χ4n) is 2.91. The quantitative estimate of drug-likeness (QED) is 0.473. The lowest BCUT2D eigenvalue weighted by Gasteiger charge is -2.05. The normalized spacial score (nSPS) is 15.5. The molecule has 3 aromatic carbocycles. The van der Waals surface area contributed by atoms with Crippen molar-refractivity contribution in [1.82, 2.24) is 0 Å². The minimum absolute atomic E-state index is 0.337. The average Bonchev–Trinajstić information content (AvgIpc) is 2.97. The lowest BCUT2D eigenvalue weighted by molar-refractivity contribution is -0.130. The van der Waals surface area contributed by atoms with Crippen LogP contribution in [0.5, 0.6) is 0 Å². The molecular formula is C22H15FO2. The van der Waals surface area contributed by atoms with Crippen LogP contribution in [0.25, 0.3) is 22.6 Å². The number of hydrogen-bond acceptors (Lipinski definition) is 2. The van der Waals surface area contributed by atoms with Gasteiger partial charge in [-0.2, -0.15) is 0 Å². The van der Waals surface area contributed by atoms with Gasteiger partial charge in [0, 0.05) is 11.1 Å². The van der Waals surface area contributed by atoms with Crippen LogP contribution >= 0.6 is 0 Å². The maximum atomic E-state index is 13.8. The zero-order valence-corrected chi connectivity index (χ0v) is 13.6. The molecule has 0 bridgehead atoms. The Morgan fingerprint density at radius 1 is 0.960 bits per heavy atom. The predicted molar refractivity (Wildman–Crippen MR) is 97.1 cm³/mol. The third-order valence-corrected chi connectivity index (χ3v) is 4.22. The van der Waals surface area contributed by atoms with Gasteiger partial charge in [-0.05, 0) is 42.0 Å². The Balaban J connectivity index is 1.73. The summed E-state index contributed by atoms with van der Waals surface area (Å²) in [5.41, 5.74) is 2.72. The van der Waals surface area contributed by atoms with E-state index in [9.17, 15) is 9.18 Å². The molecule has 0 spiro atoms. The molecule has 2 nitrogen and oxygen atoms in total. The van der Waals surface area contributed by atoms with Gasteiger partial charge in [-0.1, -0.05) is 54.1 Å². The number of rotatable bonds is 2. The summed E-state index contributed by atoms with van der Waals surface area (Å²) in [5, 5.41) is 2.21. The van der Waals surface area contributed by atoms with E-state index in [0.29, 0.717) is 16.9 Å². The van der Waals surface area contributed by atoms with Crippen LogP contribution in [-0.2, 0) is 9.53 Å². The summed E-state index contributed by atoms with van der Waals surface area (Å²) in [5.74, 6) is -0.358. The Kier molecular flexibility index (Phi) is 3.69. The SMILES string of the molecule is Cc1ccc2cc(C3=CC(=Cc4ccccc4F)C(=O)O3)ccc2c1. The van der Waals surface area contributed by atoms with Gasteiger partial charge in [0.05, 0.1) is 5.57 Å². The molecule has 0 radical (unpaired) electrons. The summed E-state index contributed by atoms with van der Waals surface area (Å²) in [6.45, 7) is 2.05. The van der Waals surface area contributed by atoms with E-state index in [4.69, 9.17) is 4.74 Å². The molecule has 3 aromatic rings. The van der Waals surface area contributed by atoms with Crippen LogP contribution in [0.3, 0.4) is 0 Å². The van der Waals surface area contributed by atoms with Crippen molar-refractivity contribution in [2.24, 2.45) is 0 Å². The number of carbonyl (C=O) groups excluding carboxylic acids is 1. The summed E-state index contributed by atoms with van der Waals surface area (Å²) >= 11 is 0. The van der Waals surface area contributed by atoms with E-state index >= 15 is 0 Å². The van der Waals surface area contributed by atoms with Crippen LogP contribution in [0.4, 0.5) is 4.39 Å². The van der Waals surface area contributed by atoms with Crippen molar-refractivity contribution in [1.29, 1.82) is 0 Å². The van der Waals surface area contributed by atoms with E-state index in [1.165, 1.54) is 17.7 Å². The van der Waals surface area contributed by atoms with Crippen LogP contribution in [0.15, 0.2) is 72.3 Å². The molecule has 0 aromatic heterocycles. The number of benzene rings is 3. The van der Waals surface area contributed by atoms with Gasteiger partial charge in [0.25, 0.3) is 0 Å². The van der Waals surface area contributed by atoms with Gasteiger partial charge >= 0.3 is 5.97 Å². The molecule has 1 aliphatic heterocycles. The smallest absolute Gasteiger partial charge is 0.343 e. The van der Waals surface area contributed by atoms with Crippen LogP contribution in [0.2, 0.25) is 0 Å². The summed E-state index contributed by atoms with van der Waals surface area (Å²) in [7, 11) is 0. The molecule has 0 saturated heterocycles. The molecule has 0 atom stereocenters. The van der Waals surface area contributed by atoms with Gasteiger partial charge in [-0.25, -0.2) is 9.18 Å². The zero-order chi connectivity index (χ0) is 17.4. The van der Waals surface area contributed by atoms with E-state index in [1.807, 2.05) is 30.3 Å². The third kappa shape index (κ3) is 2.96. The molecule has 4 rings (SSSR count). The van der Waals surface area contributed by atoms with Gasteiger partial charge in [-0.3, -0.25) is 0 Å². The molecular weight excluding hydrogens is 315 g/mol. The molecule has 122 valence electrons. The third-order valence-electron chi connectivity index (χ3n) is 4.22. The van der Waals surface area contributed by atoms with Crippen molar-refractivity contribution in [3.8, 4) is 0 Å². The van der Waals surface area contributed by atoms with E-state index in [0.717, 1.165) is 16.3 Å². The number of fused-ring (bicyclic) bond motifs is 1. The average molecular weight is 330 g/mol. The summed E-state index contributed by atoms with van der Waals surface area (Å²) < 4.78 is 19.2. The van der Waals surface area contributed by atoms with Crippen LogP contribution < -0.4 is 0 Å². The second kappa shape index (κ2) is 6.02. The van der Waals surface area contributed by atoms with Gasteiger partial charge in [-0.15, -0.1) is 0 Å². The van der Waals surface area contributed by atoms with Crippen molar-refractivity contribution in [2.45, 2.75) is 6.92 Å². The van der Waals surface area contributed by atoms with Gasteiger partial charge < -0.3 is 4.74 Å². The highest BCUT2D eigenvalue weighted by molar-refractivity contribution is 6.05. The molecule has 1 aliphatic rings. The molecule has 0 aliphatic carbocycles. The number of halogens is 1. The minimum Gasteiger partial charge on any atom is -0.422 e. The van der Waals surface area contributed by atoms with Gasteiger partial charge in [0.15, 0.2) is 0 Å². The molecule has 0 N–H and O–H groups in total. The fourth-order valence-corrected chi connectivity index (χ4v) is 2.91. The summed E-state index contributed by atoms with van der Waals surface area (Å²) in [4.78, 5) is 12.1. The highest BCUT2D eigenvalue weighted by Gasteiger charge is 2.22. The molecule has 1 heterocycles. The first-order chi connectivity index (χ1) is 12.1. The molecule has 0 saturated carbocycles. The Labute approximate surface area is 144 Å². The Hall–Kier alpha value is -3.20. The van der Waals surface area contributed by atoms with Crippen molar-refractivity contribution >= 4 is 28.6 Å². The Morgan fingerprint density at radius 2 is 1.72 bits per heavy atom. The standard InChI is InChI=1S/C22H15FO2/c1-14-6-7-16-11-18(9-8-15(16)10-14)21-13-19(22(24)25-21)12-17-4-2-3-5-20(17)23/h2-13H,1H3. The zero-order valence-electron chi connectivity index (χ0n) is 13.6. The second-order valence-corrected chi connectivity index (χ2v) is 6.08. The molecule has 25 heavy (non-hydrogen) atoms. The Morgan fingerprint density at radius 3 is 2.56 bits per heavy atom. The minimum atomic E-state index is -0.470. The van der Waals surface area contributed by atoms with E-state index in [-0.39, 0.29) is 5.82 Å². The van der Waals surface area contributed by atoms with Crippen molar-refractivity contribution in [3.63, 3.8) is 0 Å². The number of ether oxygens (including phenoxy) is 1. The topological polar surface area (TPSA) is 26.3 Å². The number of esters is 1. The van der Waals surface area contributed by atoms with Crippen molar-refractivity contribution in [2.75, 3.05) is 0 Å². The molecule has 0 amide bonds. The van der Waals surface area contributed by atoms with Gasteiger partial charge in [0.2, 0.25) is 0 Å². The number of cyclic esters (lactones) is 1. The van der Waals surface area contributed by atoms with Crippen LogP contribution in [0.1, 0.15) is 16.7 Å². The van der Waals surface area contributed by atoms with E-state index < -0.39 is 5.97 Å². The first-order valence-electron chi connectivity index (χ1n) is 8.01. The predicted octanol–water partition coefficient (Wildman–Crippen LogP) is 5.27. The van der Waals surface area contributed by atoms with Crippen LogP contribution in [0, 0.1) is 12.7 Å². The largest absolute Gasteiger partial charge is 0.422 e. The summed E-state index contributed by atoms with van der Waals surface area (Å²) in [6, 6.07) is 18.4. The number of aryl methyl sites for hydroxylation is 1. The lowest BCUT2D eigenvalue weighted by Crippen LogP contribution is -1.97. The number of carbonyl (C=O) groups is 1. The Bertz CT molecular complexity index is 1060. The monoisotopic (exact) mass is 330 g/mol. The first-order valence-corrected chi connectivity index (χ1v) is 8.01. The fraction of sp³-hybridized carbons (Fsp3) is 0.0455. The van der Waals surface area contributed by atoms with Crippen molar-refractivity contribution < 1.29 is 13.9 Å². The molecule has 0 fully saturated rings. The second-order valence-electron chi connectivity index (χ2n) is 6.08. The van der Waals surface area contributed by atoms with Crippen molar-refractivity contribution in [3.05, 3.63) is 94.8 Å². The maximum absolute atomic E-state index is 13.8. The molecule has 0 unspecified atom stereocenters. The lowest BCUT2D eigenvalue weighted by atomic mass is 10.0. The first kappa shape index (κ1) is 15.3. The summed E-state index contributed by atoms with van der Waals surface area (Å²) in [6.07, 6.45) is 3.17. The van der Waals surface area contributed by atoms with E-state index in [1.54, 1.807) is 24.3 Å². The van der Waals surface area contributed by atoms with Crippen LogP contribution in [-0.4, -0.2) is 5.97 Å². The highest BCUT2D eigenvalue weighted by atomic mass is 19.1. The highest BCUT2D eigenvalue weighted by Crippen LogP contribution is 2.30. The molecule has 3 heteroatoms. The van der Waals surface area contributed by atoms with E-state index in [2.05, 4.69) is 13.0 Å².